The summed E-state index contributed by atoms with van der Waals surface area (Å²) in [5.41, 5.74) is -1.34. The van der Waals surface area contributed by atoms with E-state index in [0.717, 1.165) is 12.8 Å². The van der Waals surface area contributed by atoms with Crippen LogP contribution in [0.15, 0.2) is 17.3 Å². The Morgan fingerprint density at radius 2 is 1.95 bits per heavy atom. The van der Waals surface area contributed by atoms with E-state index in [0.29, 0.717) is 25.5 Å². The minimum Gasteiger partial charge on any atom is -0.381 e. The third-order valence-corrected chi connectivity index (χ3v) is 5.60. The molecule has 1 aromatic heterocycles. The molecule has 7 nitrogen and oxygen atoms in total. The first-order chi connectivity index (χ1) is 10.4. The van der Waals surface area contributed by atoms with Crippen LogP contribution in [0.3, 0.4) is 0 Å². The second-order valence-corrected chi connectivity index (χ2v) is 7.61. The van der Waals surface area contributed by atoms with Gasteiger partial charge in [-0.05, 0) is 24.3 Å². The average molecular weight is 330 g/mol. The maximum Gasteiger partial charge on any atom is 0.268 e. The van der Waals surface area contributed by atoms with Gasteiger partial charge >= 0.3 is 0 Å². The lowest BCUT2D eigenvalue weighted by Crippen LogP contribution is -2.30. The molecule has 1 aliphatic rings. The van der Waals surface area contributed by atoms with Crippen molar-refractivity contribution >= 4 is 9.84 Å². The second-order valence-electron chi connectivity index (χ2n) is 5.72. The zero-order chi connectivity index (χ0) is 16.2. The Balaban J connectivity index is 2.23. The number of rotatable bonds is 6. The lowest BCUT2D eigenvalue weighted by Gasteiger charge is -2.32. The fraction of sp³-hybridized carbons (Fsp3) is 0.714. The van der Waals surface area contributed by atoms with E-state index in [1.54, 1.807) is 0 Å². The number of aromatic nitrogens is 2. The van der Waals surface area contributed by atoms with Crippen molar-refractivity contribution in [3.63, 3.8) is 0 Å². The predicted molar refractivity (Wildman–Crippen MR) is 78.9 cm³/mol. The SMILES string of the molecule is COC(OC)S(=O)(=O)c1ccnc(CC2(C)CCOCC2)n1. The summed E-state index contributed by atoms with van der Waals surface area (Å²) >= 11 is 0. The number of hydrogen-bond donors (Lipinski definition) is 0. The molecule has 0 amide bonds. The van der Waals surface area contributed by atoms with Crippen LogP contribution in [0.2, 0.25) is 0 Å². The molecule has 0 N–H and O–H groups in total. The van der Waals surface area contributed by atoms with Gasteiger partial charge in [0.2, 0.25) is 9.84 Å². The summed E-state index contributed by atoms with van der Waals surface area (Å²) in [7, 11) is -1.26. The quantitative estimate of drug-likeness (QED) is 0.572. The average Bonchev–Trinajstić information content (AvgIpc) is 2.48. The van der Waals surface area contributed by atoms with Crippen molar-refractivity contribution < 1.29 is 22.6 Å². The Labute approximate surface area is 130 Å². The summed E-state index contributed by atoms with van der Waals surface area (Å²) in [6.45, 7) is 3.57. The maximum absolute atomic E-state index is 12.4. The number of hydrogen-bond acceptors (Lipinski definition) is 7. The van der Waals surface area contributed by atoms with Gasteiger partial charge in [-0.25, -0.2) is 18.4 Å². The first-order valence-electron chi connectivity index (χ1n) is 7.10. The molecule has 0 aliphatic carbocycles. The van der Waals surface area contributed by atoms with Crippen molar-refractivity contribution in [2.75, 3.05) is 27.4 Å². The minimum absolute atomic E-state index is 0.0303. The predicted octanol–water partition coefficient (Wildman–Crippen LogP) is 1.19. The van der Waals surface area contributed by atoms with E-state index in [1.165, 1.54) is 26.5 Å². The van der Waals surface area contributed by atoms with Gasteiger partial charge in [-0.1, -0.05) is 6.92 Å². The van der Waals surface area contributed by atoms with Crippen LogP contribution in [-0.4, -0.2) is 51.4 Å². The molecular weight excluding hydrogens is 308 g/mol. The Bertz CT molecular complexity index is 595. The summed E-state index contributed by atoms with van der Waals surface area (Å²) in [5, 5.41) is -0.0816. The van der Waals surface area contributed by atoms with Gasteiger partial charge in [-0.15, -0.1) is 0 Å². The highest BCUT2D eigenvalue weighted by molar-refractivity contribution is 7.91. The second kappa shape index (κ2) is 6.99. The van der Waals surface area contributed by atoms with Crippen molar-refractivity contribution in [2.45, 2.75) is 36.8 Å². The molecule has 124 valence electrons. The van der Waals surface area contributed by atoms with Crippen LogP contribution in [0.1, 0.15) is 25.6 Å². The summed E-state index contributed by atoms with van der Waals surface area (Å²) in [4.78, 5) is 8.41. The molecule has 2 heterocycles. The molecule has 0 atom stereocenters. The zero-order valence-electron chi connectivity index (χ0n) is 13.1. The first kappa shape index (κ1) is 17.3. The van der Waals surface area contributed by atoms with Gasteiger partial charge in [-0.3, -0.25) is 0 Å². The minimum atomic E-state index is -3.80. The maximum atomic E-state index is 12.4. The van der Waals surface area contributed by atoms with Crippen LogP contribution in [-0.2, 0) is 30.5 Å². The standard InChI is InChI=1S/C14H22N2O5S/c1-14(5-8-21-9-6-14)10-11-15-7-4-12(16-11)22(17,18)13(19-2)20-3/h4,7,13H,5-6,8-10H2,1-3H3. The Kier molecular flexibility index (Phi) is 5.49. The van der Waals surface area contributed by atoms with Gasteiger partial charge in [0.25, 0.3) is 5.62 Å². The van der Waals surface area contributed by atoms with E-state index < -0.39 is 15.5 Å². The highest BCUT2D eigenvalue weighted by Crippen LogP contribution is 2.32. The molecule has 22 heavy (non-hydrogen) atoms. The number of methoxy groups -OCH3 is 2. The van der Waals surface area contributed by atoms with Gasteiger partial charge in [0.1, 0.15) is 5.82 Å². The number of nitrogens with zero attached hydrogens (tertiary/aromatic N) is 2. The fourth-order valence-corrected chi connectivity index (χ4v) is 3.68. The van der Waals surface area contributed by atoms with E-state index >= 15 is 0 Å². The lowest BCUT2D eigenvalue weighted by atomic mass is 9.79. The highest BCUT2D eigenvalue weighted by Gasteiger charge is 2.31. The largest absolute Gasteiger partial charge is 0.381 e. The smallest absolute Gasteiger partial charge is 0.268 e. The summed E-state index contributed by atoms with van der Waals surface area (Å²) < 4.78 is 39.8. The third-order valence-electron chi connectivity index (χ3n) is 3.89. The number of ether oxygens (including phenoxy) is 3. The van der Waals surface area contributed by atoms with Gasteiger partial charge in [0.15, 0.2) is 5.03 Å². The summed E-state index contributed by atoms with van der Waals surface area (Å²) in [5.74, 6) is 0.511. The van der Waals surface area contributed by atoms with Gasteiger partial charge in [-0.2, -0.15) is 0 Å². The van der Waals surface area contributed by atoms with Crippen molar-refractivity contribution in [3.8, 4) is 0 Å². The first-order valence-corrected chi connectivity index (χ1v) is 8.65. The molecule has 0 bridgehead atoms. The van der Waals surface area contributed by atoms with Gasteiger partial charge in [0.05, 0.1) is 0 Å². The molecule has 1 aliphatic heterocycles. The van der Waals surface area contributed by atoms with Crippen molar-refractivity contribution in [3.05, 3.63) is 18.1 Å². The lowest BCUT2D eigenvalue weighted by molar-refractivity contribution is -0.0416. The molecule has 0 spiro atoms. The molecule has 1 saturated heterocycles. The monoisotopic (exact) mass is 330 g/mol. The van der Waals surface area contributed by atoms with Crippen LogP contribution in [0, 0.1) is 5.41 Å². The van der Waals surface area contributed by atoms with Crippen LogP contribution >= 0.6 is 0 Å². The molecule has 0 saturated carbocycles. The van der Waals surface area contributed by atoms with E-state index in [2.05, 4.69) is 16.9 Å². The third kappa shape index (κ3) is 3.81. The van der Waals surface area contributed by atoms with Crippen LogP contribution in [0.5, 0.6) is 0 Å². The van der Waals surface area contributed by atoms with Crippen LogP contribution < -0.4 is 0 Å². The van der Waals surface area contributed by atoms with E-state index in [1.807, 2.05) is 0 Å². The highest BCUT2D eigenvalue weighted by atomic mass is 32.2. The summed E-state index contributed by atoms with van der Waals surface area (Å²) in [6.07, 6.45) is 3.89. The summed E-state index contributed by atoms with van der Waals surface area (Å²) in [6, 6.07) is 1.36. The van der Waals surface area contributed by atoms with Crippen LogP contribution in [0.4, 0.5) is 0 Å². The zero-order valence-corrected chi connectivity index (χ0v) is 13.9. The molecule has 0 radical (unpaired) electrons. The van der Waals surface area contributed by atoms with Crippen molar-refractivity contribution in [1.82, 2.24) is 9.97 Å². The van der Waals surface area contributed by atoms with E-state index in [-0.39, 0.29) is 10.4 Å². The molecule has 1 fully saturated rings. The molecule has 1 aromatic rings. The van der Waals surface area contributed by atoms with Crippen molar-refractivity contribution in [2.24, 2.45) is 5.41 Å². The number of sulfone groups is 1. The molecule has 0 unspecified atom stereocenters. The molecule has 8 heteroatoms. The van der Waals surface area contributed by atoms with Crippen molar-refractivity contribution in [1.29, 1.82) is 0 Å². The molecular formula is C14H22N2O5S. The Morgan fingerprint density at radius 1 is 1.32 bits per heavy atom. The molecule has 0 aromatic carbocycles. The van der Waals surface area contributed by atoms with Gasteiger partial charge < -0.3 is 14.2 Å². The molecule has 2 rings (SSSR count). The van der Waals surface area contributed by atoms with E-state index in [4.69, 9.17) is 14.2 Å². The fourth-order valence-electron chi connectivity index (χ4n) is 2.49. The van der Waals surface area contributed by atoms with Gasteiger partial charge in [0, 0.05) is 40.1 Å². The topological polar surface area (TPSA) is 87.6 Å². The normalized spacial score (nSPS) is 18.5. The van der Waals surface area contributed by atoms with E-state index in [9.17, 15) is 8.42 Å². The van der Waals surface area contributed by atoms with Crippen LogP contribution in [0.25, 0.3) is 0 Å². The Morgan fingerprint density at radius 3 is 2.55 bits per heavy atom. The Hall–Kier alpha value is -1.09.